The number of benzene rings is 2. The summed E-state index contributed by atoms with van der Waals surface area (Å²) in [5.74, 6) is 0.676. The van der Waals surface area contributed by atoms with Crippen LogP contribution in [-0.2, 0) is 16.8 Å². The van der Waals surface area contributed by atoms with Gasteiger partial charge in [0, 0.05) is 57.8 Å². The molecule has 3 aliphatic rings. The van der Waals surface area contributed by atoms with Crippen LogP contribution in [0.4, 0.5) is 5.69 Å². The number of halogens is 1. The van der Waals surface area contributed by atoms with Crippen LogP contribution in [0.5, 0.6) is 0 Å². The summed E-state index contributed by atoms with van der Waals surface area (Å²) in [7, 11) is 0. The molecule has 0 saturated carbocycles. The number of hydrogen-bond donors (Lipinski definition) is 1. The molecule has 0 unspecified atom stereocenters. The van der Waals surface area contributed by atoms with Gasteiger partial charge in [0.05, 0.1) is 5.92 Å². The molecule has 1 aromatic heterocycles. The lowest BCUT2D eigenvalue weighted by Gasteiger charge is -2.36. The lowest BCUT2D eigenvalue weighted by atomic mass is 9.69. The number of nitrogens with zero attached hydrogens (tertiary/aromatic N) is 2. The molecule has 2 saturated heterocycles. The van der Waals surface area contributed by atoms with E-state index < -0.39 is 11.5 Å². The van der Waals surface area contributed by atoms with Crippen molar-refractivity contribution in [2.75, 3.05) is 16.9 Å². The Hall–Kier alpha value is -2.67. The first-order valence-corrected chi connectivity index (χ1v) is 13.1. The van der Waals surface area contributed by atoms with E-state index in [2.05, 4.69) is 34.3 Å². The highest BCUT2D eigenvalue weighted by Crippen LogP contribution is 2.61. The van der Waals surface area contributed by atoms with Crippen molar-refractivity contribution < 1.29 is 9.59 Å². The van der Waals surface area contributed by atoms with E-state index in [-0.39, 0.29) is 23.7 Å². The SMILES string of the molecule is CCc1ccc2c(c1)[C@]1(C(=O)N2)[C@H](C(=O)c2cccnc2)[C@H](c2ccc(Cl)cc2)[C@@H]2CSCN21. The van der Waals surface area contributed by atoms with Crippen molar-refractivity contribution in [1.29, 1.82) is 0 Å². The molecule has 2 fully saturated rings. The number of thioether (sulfide) groups is 1. The van der Waals surface area contributed by atoms with Crippen molar-refractivity contribution in [3.63, 3.8) is 0 Å². The molecule has 5 nitrogen and oxygen atoms in total. The first-order valence-electron chi connectivity index (χ1n) is 11.5. The molecule has 4 heterocycles. The summed E-state index contributed by atoms with van der Waals surface area (Å²) in [6.07, 6.45) is 4.14. The van der Waals surface area contributed by atoms with Gasteiger partial charge in [-0.25, -0.2) is 0 Å². The van der Waals surface area contributed by atoms with Crippen LogP contribution in [0.1, 0.15) is 39.9 Å². The highest BCUT2D eigenvalue weighted by molar-refractivity contribution is 7.99. The van der Waals surface area contributed by atoms with Gasteiger partial charge in [0.15, 0.2) is 5.78 Å². The molecule has 3 aromatic rings. The van der Waals surface area contributed by atoms with Crippen LogP contribution in [0.15, 0.2) is 67.0 Å². The third kappa shape index (κ3) is 3.02. The first-order chi connectivity index (χ1) is 16.6. The van der Waals surface area contributed by atoms with Gasteiger partial charge >= 0.3 is 0 Å². The number of carbonyl (C=O) groups excluding carboxylic acids is 2. The van der Waals surface area contributed by atoms with Gasteiger partial charge in [-0.15, -0.1) is 11.8 Å². The second kappa shape index (κ2) is 8.22. The Morgan fingerprint density at radius 3 is 2.79 bits per heavy atom. The van der Waals surface area contributed by atoms with Gasteiger partial charge in [-0.05, 0) is 47.9 Å². The summed E-state index contributed by atoms with van der Waals surface area (Å²) in [6.45, 7) is 2.11. The van der Waals surface area contributed by atoms with Crippen LogP contribution >= 0.6 is 23.4 Å². The Labute approximate surface area is 207 Å². The van der Waals surface area contributed by atoms with Gasteiger partial charge in [-0.2, -0.15) is 0 Å². The molecule has 34 heavy (non-hydrogen) atoms. The number of rotatable bonds is 4. The molecule has 0 aliphatic carbocycles. The van der Waals surface area contributed by atoms with Crippen molar-refractivity contribution in [2.24, 2.45) is 5.92 Å². The molecule has 4 atom stereocenters. The summed E-state index contributed by atoms with van der Waals surface area (Å²) < 4.78 is 0. The smallest absolute Gasteiger partial charge is 0.250 e. The maximum absolute atomic E-state index is 14.3. The number of amides is 1. The Morgan fingerprint density at radius 2 is 2.06 bits per heavy atom. The molecule has 0 radical (unpaired) electrons. The summed E-state index contributed by atoms with van der Waals surface area (Å²) in [5.41, 5.74) is 3.38. The molecule has 2 aromatic carbocycles. The second-order valence-electron chi connectivity index (χ2n) is 9.15. The second-order valence-corrected chi connectivity index (χ2v) is 10.6. The monoisotopic (exact) mass is 489 g/mol. The van der Waals surface area contributed by atoms with Gasteiger partial charge in [-0.1, -0.05) is 42.8 Å². The molecule has 1 N–H and O–H groups in total. The summed E-state index contributed by atoms with van der Waals surface area (Å²) >= 11 is 8.04. The zero-order valence-corrected chi connectivity index (χ0v) is 20.3. The van der Waals surface area contributed by atoms with Gasteiger partial charge in [-0.3, -0.25) is 19.5 Å². The highest BCUT2D eigenvalue weighted by Gasteiger charge is 2.69. The zero-order chi connectivity index (χ0) is 23.4. The molecular weight excluding hydrogens is 466 g/mol. The number of nitrogens with one attached hydrogen (secondary N) is 1. The maximum atomic E-state index is 14.3. The van der Waals surface area contributed by atoms with Gasteiger partial charge in [0.1, 0.15) is 5.54 Å². The van der Waals surface area contributed by atoms with E-state index in [4.69, 9.17) is 11.6 Å². The minimum Gasteiger partial charge on any atom is -0.324 e. The van der Waals surface area contributed by atoms with Crippen molar-refractivity contribution >= 4 is 40.7 Å². The zero-order valence-electron chi connectivity index (χ0n) is 18.7. The van der Waals surface area contributed by atoms with Crippen LogP contribution in [0.3, 0.4) is 0 Å². The number of carbonyl (C=O) groups is 2. The predicted octanol–water partition coefficient (Wildman–Crippen LogP) is 5.12. The van der Waals surface area contributed by atoms with Crippen LogP contribution < -0.4 is 5.32 Å². The molecule has 3 aliphatic heterocycles. The third-order valence-electron chi connectivity index (χ3n) is 7.58. The Balaban J connectivity index is 1.62. The number of aromatic nitrogens is 1. The first kappa shape index (κ1) is 21.8. The van der Waals surface area contributed by atoms with E-state index in [1.807, 2.05) is 42.1 Å². The van der Waals surface area contributed by atoms with Crippen molar-refractivity contribution in [3.8, 4) is 0 Å². The molecule has 1 spiro atoms. The Bertz CT molecular complexity index is 1280. The maximum Gasteiger partial charge on any atom is 0.250 e. The summed E-state index contributed by atoms with van der Waals surface area (Å²) in [5, 5.41) is 3.79. The number of hydrogen-bond acceptors (Lipinski definition) is 5. The van der Waals surface area contributed by atoms with Crippen molar-refractivity contribution in [3.05, 3.63) is 94.3 Å². The fourth-order valence-corrected chi connectivity index (χ4v) is 7.54. The van der Waals surface area contributed by atoms with Gasteiger partial charge in [0.2, 0.25) is 5.91 Å². The largest absolute Gasteiger partial charge is 0.324 e. The highest BCUT2D eigenvalue weighted by atomic mass is 35.5. The lowest BCUT2D eigenvalue weighted by Crippen LogP contribution is -2.52. The normalized spacial score (nSPS) is 27.6. The number of pyridine rings is 1. The van der Waals surface area contributed by atoms with Crippen molar-refractivity contribution in [2.45, 2.75) is 30.8 Å². The summed E-state index contributed by atoms with van der Waals surface area (Å²) in [6, 6.07) is 17.6. The lowest BCUT2D eigenvalue weighted by molar-refractivity contribution is -0.127. The number of fused-ring (bicyclic) bond motifs is 4. The molecule has 6 rings (SSSR count). The Kier molecular flexibility index (Phi) is 5.28. The number of aryl methyl sites for hydroxylation is 1. The van der Waals surface area contributed by atoms with Crippen molar-refractivity contribution in [1.82, 2.24) is 9.88 Å². The fourth-order valence-electron chi connectivity index (χ4n) is 6.09. The minimum absolute atomic E-state index is 0.0441. The van der Waals surface area contributed by atoms with E-state index in [0.29, 0.717) is 16.5 Å². The Morgan fingerprint density at radius 1 is 1.24 bits per heavy atom. The average Bonchev–Trinajstić information content (AvgIpc) is 3.53. The number of Topliss-reactive ketones (excluding diaryl/α,β-unsaturated/α-hetero) is 1. The number of ketones is 1. The fraction of sp³-hybridized carbons (Fsp3) is 0.296. The van der Waals surface area contributed by atoms with E-state index in [1.54, 1.807) is 24.5 Å². The van der Waals surface area contributed by atoms with Gasteiger partial charge in [0.25, 0.3) is 0 Å². The standard InChI is InChI=1S/C27H24ClN3O2S/c1-2-16-5-10-21-20(12-16)27(26(33)30-21)24(25(32)18-4-3-11-29-13-18)23(22-14-34-15-31(22)27)17-6-8-19(28)9-7-17/h3-13,22-24H,2,14-15H2,1H3,(H,30,33)/t22-,23+,24-,27+/m0/s1. The van der Waals surface area contributed by atoms with Gasteiger partial charge < -0.3 is 5.32 Å². The molecule has 0 bridgehead atoms. The minimum atomic E-state index is -1.06. The van der Waals surface area contributed by atoms with Crippen LogP contribution in [0, 0.1) is 5.92 Å². The molecule has 7 heteroatoms. The van der Waals surface area contributed by atoms with Crippen LogP contribution in [0.25, 0.3) is 0 Å². The predicted molar refractivity (Wildman–Crippen MR) is 135 cm³/mol. The average molecular weight is 490 g/mol. The molecule has 172 valence electrons. The number of anilines is 1. The molecule has 1 amide bonds. The summed E-state index contributed by atoms with van der Waals surface area (Å²) in [4.78, 5) is 34.8. The van der Waals surface area contributed by atoms with E-state index in [1.165, 1.54) is 0 Å². The third-order valence-corrected chi connectivity index (χ3v) is 8.87. The van der Waals surface area contributed by atoms with E-state index in [9.17, 15) is 9.59 Å². The molecular formula is C27H24ClN3O2S. The quantitative estimate of drug-likeness (QED) is 0.515. The van der Waals surface area contributed by atoms with E-state index in [0.717, 1.165) is 34.6 Å². The van der Waals surface area contributed by atoms with E-state index >= 15 is 0 Å². The topological polar surface area (TPSA) is 62.3 Å². The van der Waals surface area contributed by atoms with Crippen LogP contribution in [0.2, 0.25) is 5.02 Å². The van der Waals surface area contributed by atoms with Crippen LogP contribution in [-0.4, -0.2) is 39.2 Å².